The van der Waals surface area contributed by atoms with E-state index in [0.29, 0.717) is 21.8 Å². The highest BCUT2D eigenvalue weighted by Crippen LogP contribution is 2.45. The first-order chi connectivity index (χ1) is 14.3. The first-order valence-corrected chi connectivity index (χ1v) is 10.4. The number of alkyl halides is 6. The number of hydrogen-bond donors (Lipinski definition) is 3. The van der Waals surface area contributed by atoms with Crippen molar-refractivity contribution in [1.82, 2.24) is 10.2 Å². The van der Waals surface area contributed by atoms with Crippen molar-refractivity contribution in [2.45, 2.75) is 56.5 Å². The number of rotatable bonds is 7. The van der Waals surface area contributed by atoms with Gasteiger partial charge in [0.2, 0.25) is 5.78 Å². The molecule has 176 valence electrons. The van der Waals surface area contributed by atoms with Crippen LogP contribution in [0.5, 0.6) is 0 Å². The van der Waals surface area contributed by atoms with Crippen LogP contribution < -0.4 is 11.1 Å². The summed E-state index contributed by atoms with van der Waals surface area (Å²) < 4.78 is 78.3. The van der Waals surface area contributed by atoms with E-state index in [0.717, 1.165) is 6.07 Å². The number of aliphatic hydroxyl groups is 1. The van der Waals surface area contributed by atoms with Crippen LogP contribution in [0.3, 0.4) is 0 Å². The number of carbonyl (C=O) groups is 1. The standard InChI is InChI=1S/C19H25F6N3O2S/c1-10-5-12(17-11(3-4-29)7-16(31-17)19(23,24)25)6-14(13(26)8-27-2)28(10)9-15(30)18(20,21)22/h7-8,10,12,14,27,29H,3-6,9,26H2,1-2H3/b13-8-. The molecule has 1 aromatic heterocycles. The predicted octanol–water partition coefficient (Wildman–Crippen LogP) is 3.39. The fraction of sp³-hybridized carbons (Fsp3) is 0.632. The lowest BCUT2D eigenvalue weighted by atomic mass is 9.82. The molecule has 1 fully saturated rings. The zero-order chi connectivity index (χ0) is 23.6. The summed E-state index contributed by atoms with van der Waals surface area (Å²) in [5.41, 5.74) is 6.61. The first kappa shape index (κ1) is 25.5. The Labute approximate surface area is 179 Å². The van der Waals surface area contributed by atoms with Gasteiger partial charge in [-0.1, -0.05) is 0 Å². The molecule has 12 heteroatoms. The molecule has 4 N–H and O–H groups in total. The van der Waals surface area contributed by atoms with E-state index in [1.165, 1.54) is 11.1 Å². The third-order valence-electron chi connectivity index (χ3n) is 5.31. The Morgan fingerprint density at radius 2 is 1.97 bits per heavy atom. The number of piperidine rings is 1. The van der Waals surface area contributed by atoms with Crippen molar-refractivity contribution < 1.29 is 36.2 Å². The highest BCUT2D eigenvalue weighted by Gasteiger charge is 2.44. The van der Waals surface area contributed by atoms with Gasteiger partial charge in [-0.25, -0.2) is 0 Å². The summed E-state index contributed by atoms with van der Waals surface area (Å²) >= 11 is 0.584. The van der Waals surface area contributed by atoms with E-state index in [4.69, 9.17) is 5.73 Å². The van der Waals surface area contributed by atoms with E-state index < -0.39 is 47.6 Å². The van der Waals surface area contributed by atoms with Crippen molar-refractivity contribution in [2.24, 2.45) is 5.73 Å². The summed E-state index contributed by atoms with van der Waals surface area (Å²) in [4.78, 5) is 12.6. The lowest BCUT2D eigenvalue weighted by Gasteiger charge is -2.44. The second-order valence-corrected chi connectivity index (χ2v) is 8.61. The van der Waals surface area contributed by atoms with E-state index >= 15 is 0 Å². The van der Waals surface area contributed by atoms with Gasteiger partial charge < -0.3 is 16.2 Å². The lowest BCUT2D eigenvalue weighted by molar-refractivity contribution is -0.173. The van der Waals surface area contributed by atoms with Crippen molar-refractivity contribution in [3.8, 4) is 0 Å². The van der Waals surface area contributed by atoms with E-state index in [9.17, 15) is 36.2 Å². The van der Waals surface area contributed by atoms with Crippen LogP contribution in [0.4, 0.5) is 26.3 Å². The van der Waals surface area contributed by atoms with Crippen LogP contribution in [0.25, 0.3) is 0 Å². The Balaban J connectivity index is 2.41. The molecule has 3 unspecified atom stereocenters. The number of aliphatic hydroxyl groups excluding tert-OH is 1. The monoisotopic (exact) mass is 473 g/mol. The largest absolute Gasteiger partial charge is 0.451 e. The van der Waals surface area contributed by atoms with Gasteiger partial charge in [0.25, 0.3) is 0 Å². The second kappa shape index (κ2) is 9.78. The van der Waals surface area contributed by atoms with Gasteiger partial charge in [-0.15, -0.1) is 11.3 Å². The smallest absolute Gasteiger partial charge is 0.400 e. The summed E-state index contributed by atoms with van der Waals surface area (Å²) in [6.07, 6.45) is -7.69. The molecule has 3 atom stereocenters. The first-order valence-electron chi connectivity index (χ1n) is 9.58. The molecule has 2 rings (SSSR count). The molecule has 0 aromatic carbocycles. The molecule has 1 saturated heterocycles. The minimum Gasteiger partial charge on any atom is -0.400 e. The van der Waals surface area contributed by atoms with Crippen molar-refractivity contribution in [2.75, 3.05) is 20.2 Å². The van der Waals surface area contributed by atoms with Crippen LogP contribution in [0, 0.1) is 0 Å². The molecule has 5 nitrogen and oxygen atoms in total. The van der Waals surface area contributed by atoms with E-state index in [1.807, 2.05) is 0 Å². The zero-order valence-corrected chi connectivity index (χ0v) is 17.8. The number of nitrogens with one attached hydrogen (secondary N) is 1. The van der Waals surface area contributed by atoms with Crippen molar-refractivity contribution in [3.05, 3.63) is 33.3 Å². The number of hydrogen-bond acceptors (Lipinski definition) is 6. The Morgan fingerprint density at radius 1 is 1.32 bits per heavy atom. The van der Waals surface area contributed by atoms with Crippen LogP contribution >= 0.6 is 11.3 Å². The molecule has 0 radical (unpaired) electrons. The molecule has 0 saturated carbocycles. The molecule has 2 heterocycles. The van der Waals surface area contributed by atoms with E-state index in [1.54, 1.807) is 14.0 Å². The molecular formula is C19H25F6N3O2S. The number of ketones is 1. The number of nitrogens with zero attached hydrogens (tertiary/aromatic N) is 1. The quantitative estimate of drug-likeness (QED) is 0.530. The summed E-state index contributed by atoms with van der Waals surface area (Å²) in [6, 6.07) is -0.300. The third kappa shape index (κ3) is 6.13. The number of carbonyl (C=O) groups excluding carboxylic acids is 1. The average molecular weight is 473 g/mol. The molecular weight excluding hydrogens is 448 g/mol. The zero-order valence-electron chi connectivity index (χ0n) is 17.0. The van der Waals surface area contributed by atoms with Gasteiger partial charge in [-0.2, -0.15) is 26.3 Å². The molecule has 1 aliphatic rings. The highest BCUT2D eigenvalue weighted by molar-refractivity contribution is 7.12. The maximum absolute atomic E-state index is 13.2. The summed E-state index contributed by atoms with van der Waals surface area (Å²) in [7, 11) is 1.55. The van der Waals surface area contributed by atoms with E-state index in [2.05, 4.69) is 5.32 Å². The molecule has 31 heavy (non-hydrogen) atoms. The van der Waals surface area contributed by atoms with Crippen LogP contribution in [-0.4, -0.2) is 54.2 Å². The molecule has 0 bridgehead atoms. The van der Waals surface area contributed by atoms with Crippen molar-refractivity contribution in [1.29, 1.82) is 0 Å². The van der Waals surface area contributed by atoms with E-state index in [-0.39, 0.29) is 31.6 Å². The van der Waals surface area contributed by atoms with Gasteiger partial charge in [0.15, 0.2) is 0 Å². The minimum absolute atomic E-state index is 0.0373. The highest BCUT2D eigenvalue weighted by atomic mass is 32.1. The number of nitrogens with two attached hydrogens (primary N) is 1. The van der Waals surface area contributed by atoms with Gasteiger partial charge in [-0.3, -0.25) is 9.69 Å². The van der Waals surface area contributed by atoms with Gasteiger partial charge >= 0.3 is 12.4 Å². The van der Waals surface area contributed by atoms with Gasteiger partial charge in [-0.05, 0) is 43.7 Å². The SMILES string of the molecule is CN/C=C(\N)C1CC(c2sc(C(F)(F)F)cc2CCO)CC(C)N1CC(=O)C(F)(F)F. The summed E-state index contributed by atoms with van der Waals surface area (Å²) in [5, 5.41) is 12.0. The van der Waals surface area contributed by atoms with Gasteiger partial charge in [0, 0.05) is 36.5 Å². The fourth-order valence-electron chi connectivity index (χ4n) is 3.93. The average Bonchev–Trinajstić information content (AvgIpc) is 3.07. The summed E-state index contributed by atoms with van der Waals surface area (Å²) in [5.74, 6) is -2.32. The Bertz CT molecular complexity index is 806. The van der Waals surface area contributed by atoms with Gasteiger partial charge in [0.1, 0.15) is 4.88 Å². The van der Waals surface area contributed by atoms with Crippen LogP contribution in [-0.2, 0) is 17.4 Å². The molecule has 0 spiro atoms. The number of halogens is 6. The van der Waals surface area contributed by atoms with Crippen LogP contribution in [0.15, 0.2) is 18.0 Å². The lowest BCUT2D eigenvalue weighted by Crippen LogP contribution is -2.53. The van der Waals surface area contributed by atoms with Crippen molar-refractivity contribution >= 4 is 17.1 Å². The van der Waals surface area contributed by atoms with Gasteiger partial charge in [0.05, 0.1) is 12.6 Å². The Morgan fingerprint density at radius 3 is 2.48 bits per heavy atom. The molecule has 1 aromatic rings. The maximum atomic E-state index is 13.2. The Hall–Kier alpha value is -1.79. The fourth-order valence-corrected chi connectivity index (χ4v) is 5.13. The summed E-state index contributed by atoms with van der Waals surface area (Å²) in [6.45, 7) is 0.405. The third-order valence-corrected chi connectivity index (χ3v) is 6.70. The topological polar surface area (TPSA) is 78.6 Å². The number of likely N-dealkylation sites (tertiary alicyclic amines) is 1. The van der Waals surface area contributed by atoms with Crippen LogP contribution in [0.1, 0.15) is 41.0 Å². The molecule has 0 aliphatic carbocycles. The van der Waals surface area contributed by atoms with Crippen LogP contribution in [0.2, 0.25) is 0 Å². The minimum atomic E-state index is -4.99. The second-order valence-electron chi connectivity index (χ2n) is 7.53. The predicted molar refractivity (Wildman–Crippen MR) is 104 cm³/mol. The number of Topliss-reactive ketones (excluding diaryl/α,β-unsaturated/α-hetero) is 1. The maximum Gasteiger partial charge on any atom is 0.451 e. The molecule has 1 aliphatic heterocycles. The molecule has 0 amide bonds. The Kier molecular flexibility index (Phi) is 8.04. The number of thiophene rings is 1. The normalized spacial score (nSPS) is 23.8. The van der Waals surface area contributed by atoms with Crippen molar-refractivity contribution in [3.63, 3.8) is 0 Å².